The predicted octanol–water partition coefficient (Wildman–Crippen LogP) is 3.32. The van der Waals surface area contributed by atoms with Crippen LogP contribution in [0.1, 0.15) is 10.4 Å². The number of ether oxygens (including phenoxy) is 2. The van der Waals surface area contributed by atoms with Gasteiger partial charge in [0.15, 0.2) is 6.61 Å². The van der Waals surface area contributed by atoms with Crippen LogP contribution in [0.3, 0.4) is 0 Å². The summed E-state index contributed by atoms with van der Waals surface area (Å²) < 4.78 is 10.5. The molecule has 27 heavy (non-hydrogen) atoms. The summed E-state index contributed by atoms with van der Waals surface area (Å²) >= 11 is 12.6. The second-order valence-corrected chi connectivity index (χ2v) is 7.63. The highest BCUT2D eigenvalue weighted by atomic mass is 35.5. The Hall–Kier alpha value is -2.29. The Labute approximate surface area is 169 Å². The Balaban J connectivity index is 1.83. The molecule has 0 atom stereocenters. The molecule has 1 N–H and O–H groups in total. The van der Waals surface area contributed by atoms with Gasteiger partial charge < -0.3 is 19.7 Å². The summed E-state index contributed by atoms with van der Waals surface area (Å²) in [5.41, 5.74) is 0.633. The Bertz CT molecular complexity index is 856. The fraction of sp³-hybridized carbons (Fsp3) is 0.235. The SMILES string of the molecule is COc1cccc(NC(=O)CN(C)C(=O)COC(=O)c2cc(Cl)sc2Cl)c1. The molecule has 0 radical (unpaired) electrons. The number of rotatable bonds is 7. The van der Waals surface area contributed by atoms with Crippen molar-refractivity contribution in [2.45, 2.75) is 0 Å². The molecule has 2 rings (SSSR count). The minimum Gasteiger partial charge on any atom is -0.497 e. The standard InChI is InChI=1S/C17H16Cl2N2O5S/c1-21(8-14(22)20-10-4-3-5-11(6-10)25-2)15(23)9-26-17(24)12-7-13(18)27-16(12)19/h3-7H,8-9H2,1-2H3,(H,20,22). The van der Waals surface area contributed by atoms with Crippen LogP contribution in [0.5, 0.6) is 5.75 Å². The zero-order valence-electron chi connectivity index (χ0n) is 14.5. The lowest BCUT2D eigenvalue weighted by atomic mass is 10.3. The number of hydrogen-bond acceptors (Lipinski definition) is 6. The van der Waals surface area contributed by atoms with Crippen molar-refractivity contribution >= 4 is 58.0 Å². The van der Waals surface area contributed by atoms with E-state index in [1.165, 1.54) is 20.2 Å². The van der Waals surface area contributed by atoms with Crippen LogP contribution in [0.2, 0.25) is 8.67 Å². The first-order valence-electron chi connectivity index (χ1n) is 7.60. The number of carbonyl (C=O) groups excluding carboxylic acids is 3. The summed E-state index contributed by atoms with van der Waals surface area (Å²) in [6.07, 6.45) is 0. The fourth-order valence-electron chi connectivity index (χ4n) is 2.00. The molecule has 10 heteroatoms. The lowest BCUT2D eigenvalue weighted by Crippen LogP contribution is -2.37. The molecule has 0 saturated carbocycles. The van der Waals surface area contributed by atoms with E-state index < -0.39 is 24.4 Å². The van der Waals surface area contributed by atoms with Crippen LogP contribution in [0, 0.1) is 0 Å². The summed E-state index contributed by atoms with van der Waals surface area (Å²) in [5.74, 6) is -1.11. The minimum atomic E-state index is -0.759. The topological polar surface area (TPSA) is 84.9 Å². The molecule has 0 unspecified atom stereocenters. The lowest BCUT2D eigenvalue weighted by molar-refractivity contribution is -0.136. The number of anilines is 1. The fourth-order valence-corrected chi connectivity index (χ4v) is 3.44. The largest absolute Gasteiger partial charge is 0.497 e. The molecule has 0 aliphatic carbocycles. The number of amides is 2. The first-order chi connectivity index (χ1) is 12.8. The Kier molecular flexibility index (Phi) is 7.46. The van der Waals surface area contributed by atoms with Crippen molar-refractivity contribution in [1.29, 1.82) is 0 Å². The van der Waals surface area contributed by atoms with E-state index in [-0.39, 0.29) is 16.4 Å². The molecule has 1 aromatic heterocycles. The number of hydrogen-bond donors (Lipinski definition) is 1. The first-order valence-corrected chi connectivity index (χ1v) is 9.17. The molecule has 2 amide bonds. The maximum atomic E-state index is 12.0. The van der Waals surface area contributed by atoms with Gasteiger partial charge in [0.1, 0.15) is 10.1 Å². The van der Waals surface area contributed by atoms with Crippen molar-refractivity contribution in [3.63, 3.8) is 0 Å². The molecule has 0 fully saturated rings. The average Bonchev–Trinajstić information content (AvgIpc) is 2.97. The highest BCUT2D eigenvalue weighted by Gasteiger charge is 2.19. The van der Waals surface area contributed by atoms with Crippen LogP contribution in [0.25, 0.3) is 0 Å². The number of methoxy groups -OCH3 is 1. The first kappa shape index (κ1) is 21.0. The molecule has 1 heterocycles. The van der Waals surface area contributed by atoms with Crippen molar-refractivity contribution in [2.24, 2.45) is 0 Å². The molecule has 0 saturated heterocycles. The third kappa shape index (κ3) is 6.13. The van der Waals surface area contributed by atoms with Crippen molar-refractivity contribution in [2.75, 3.05) is 32.6 Å². The molecular formula is C17H16Cl2N2O5S. The number of likely N-dealkylation sites (N-methyl/N-ethyl adjacent to an activating group) is 1. The molecular weight excluding hydrogens is 415 g/mol. The highest BCUT2D eigenvalue weighted by Crippen LogP contribution is 2.31. The Morgan fingerprint density at radius 2 is 1.96 bits per heavy atom. The van der Waals surface area contributed by atoms with Gasteiger partial charge in [0, 0.05) is 18.8 Å². The average molecular weight is 431 g/mol. The smallest absolute Gasteiger partial charge is 0.341 e. The van der Waals surface area contributed by atoms with Crippen molar-refractivity contribution in [3.05, 3.63) is 44.6 Å². The molecule has 2 aromatic rings. The van der Waals surface area contributed by atoms with Gasteiger partial charge in [-0.3, -0.25) is 9.59 Å². The zero-order valence-corrected chi connectivity index (χ0v) is 16.8. The van der Waals surface area contributed by atoms with Crippen LogP contribution in [-0.2, 0) is 14.3 Å². The molecule has 1 aromatic carbocycles. The van der Waals surface area contributed by atoms with E-state index in [0.29, 0.717) is 15.8 Å². The Morgan fingerprint density at radius 1 is 1.22 bits per heavy atom. The molecule has 144 valence electrons. The summed E-state index contributed by atoms with van der Waals surface area (Å²) in [7, 11) is 2.95. The zero-order chi connectivity index (χ0) is 20.0. The number of thiophene rings is 1. The maximum Gasteiger partial charge on any atom is 0.341 e. The monoisotopic (exact) mass is 430 g/mol. The number of carbonyl (C=O) groups is 3. The van der Waals surface area contributed by atoms with Gasteiger partial charge in [0.05, 0.1) is 23.6 Å². The van der Waals surface area contributed by atoms with E-state index in [1.807, 2.05) is 0 Å². The summed E-state index contributed by atoms with van der Waals surface area (Å²) in [5, 5.41) is 2.65. The van der Waals surface area contributed by atoms with Crippen LogP contribution in [0.4, 0.5) is 5.69 Å². The highest BCUT2D eigenvalue weighted by molar-refractivity contribution is 7.20. The van der Waals surface area contributed by atoms with Crippen molar-refractivity contribution < 1.29 is 23.9 Å². The third-order valence-electron chi connectivity index (χ3n) is 3.36. The van der Waals surface area contributed by atoms with Gasteiger partial charge in [-0.25, -0.2) is 4.79 Å². The lowest BCUT2D eigenvalue weighted by Gasteiger charge is -2.17. The van der Waals surface area contributed by atoms with Crippen LogP contribution < -0.4 is 10.1 Å². The van der Waals surface area contributed by atoms with E-state index in [1.54, 1.807) is 24.3 Å². The quantitative estimate of drug-likeness (QED) is 0.680. The number of nitrogens with zero attached hydrogens (tertiary/aromatic N) is 1. The van der Waals surface area contributed by atoms with Crippen molar-refractivity contribution in [1.82, 2.24) is 4.90 Å². The third-order valence-corrected chi connectivity index (χ3v) is 4.85. The van der Waals surface area contributed by atoms with E-state index in [2.05, 4.69) is 5.32 Å². The molecule has 0 bridgehead atoms. The summed E-state index contributed by atoms with van der Waals surface area (Å²) in [4.78, 5) is 37.2. The van der Waals surface area contributed by atoms with Gasteiger partial charge in [-0.1, -0.05) is 29.3 Å². The van der Waals surface area contributed by atoms with E-state index in [9.17, 15) is 14.4 Å². The van der Waals surface area contributed by atoms with Crippen LogP contribution in [-0.4, -0.2) is 50.0 Å². The summed E-state index contributed by atoms with van der Waals surface area (Å²) in [6, 6.07) is 8.18. The molecule has 0 aliphatic rings. The van der Waals surface area contributed by atoms with Gasteiger partial charge in [-0.15, -0.1) is 11.3 Å². The molecule has 7 nitrogen and oxygen atoms in total. The van der Waals surface area contributed by atoms with Gasteiger partial charge in [-0.05, 0) is 18.2 Å². The normalized spacial score (nSPS) is 10.2. The predicted molar refractivity (Wildman–Crippen MR) is 104 cm³/mol. The second-order valence-electron chi connectivity index (χ2n) is 5.34. The van der Waals surface area contributed by atoms with E-state index >= 15 is 0 Å². The van der Waals surface area contributed by atoms with Gasteiger partial charge >= 0.3 is 5.97 Å². The minimum absolute atomic E-state index is 0.0953. The summed E-state index contributed by atoms with van der Waals surface area (Å²) in [6.45, 7) is -0.732. The number of esters is 1. The van der Waals surface area contributed by atoms with E-state index in [4.69, 9.17) is 32.7 Å². The Morgan fingerprint density at radius 3 is 2.59 bits per heavy atom. The van der Waals surface area contributed by atoms with E-state index in [0.717, 1.165) is 16.2 Å². The maximum absolute atomic E-state index is 12.0. The molecule has 0 spiro atoms. The van der Waals surface area contributed by atoms with Crippen LogP contribution in [0.15, 0.2) is 30.3 Å². The van der Waals surface area contributed by atoms with Gasteiger partial charge in [0.2, 0.25) is 5.91 Å². The van der Waals surface area contributed by atoms with Crippen molar-refractivity contribution in [3.8, 4) is 5.75 Å². The number of halogens is 2. The van der Waals surface area contributed by atoms with Gasteiger partial charge in [0.25, 0.3) is 5.91 Å². The second kappa shape index (κ2) is 9.59. The number of benzene rings is 1. The van der Waals surface area contributed by atoms with Gasteiger partial charge in [-0.2, -0.15) is 0 Å². The number of nitrogens with one attached hydrogen (secondary N) is 1. The molecule has 0 aliphatic heterocycles. The van der Waals surface area contributed by atoms with Crippen LogP contribution >= 0.6 is 34.5 Å².